The van der Waals surface area contributed by atoms with Crippen LogP contribution in [-0.4, -0.2) is 12.6 Å². The van der Waals surface area contributed by atoms with E-state index < -0.39 is 0 Å². The van der Waals surface area contributed by atoms with Crippen LogP contribution in [0.15, 0.2) is 53.0 Å². The second-order valence-electron chi connectivity index (χ2n) is 5.37. The van der Waals surface area contributed by atoms with Gasteiger partial charge in [-0.05, 0) is 55.5 Å². The number of aryl methyl sites for hydroxylation is 1. The zero-order chi connectivity index (χ0) is 15.1. The summed E-state index contributed by atoms with van der Waals surface area (Å²) in [7, 11) is 0. The fraction of sp³-hybridized carbons (Fsp3) is 0.333. The first-order chi connectivity index (χ1) is 10.1. The van der Waals surface area contributed by atoms with Gasteiger partial charge in [-0.25, -0.2) is 0 Å². The molecule has 3 heteroatoms. The van der Waals surface area contributed by atoms with Crippen molar-refractivity contribution in [3.8, 4) is 5.75 Å². The fourth-order valence-electron chi connectivity index (χ4n) is 2.30. The molecule has 21 heavy (non-hydrogen) atoms. The van der Waals surface area contributed by atoms with Gasteiger partial charge in [0.1, 0.15) is 5.75 Å². The van der Waals surface area contributed by atoms with Crippen LogP contribution in [0.2, 0.25) is 0 Å². The maximum Gasteiger partial charge on any atom is 0.122 e. The zero-order valence-electron chi connectivity index (χ0n) is 12.4. The van der Waals surface area contributed by atoms with Crippen LogP contribution in [0.25, 0.3) is 0 Å². The van der Waals surface area contributed by atoms with Crippen molar-refractivity contribution in [2.45, 2.75) is 32.2 Å². The summed E-state index contributed by atoms with van der Waals surface area (Å²) in [5.74, 6) is 0.948. The molecule has 0 aliphatic carbocycles. The topological polar surface area (TPSA) is 35.2 Å². The van der Waals surface area contributed by atoms with E-state index in [1.165, 1.54) is 11.1 Å². The summed E-state index contributed by atoms with van der Waals surface area (Å²) >= 11 is 3.50. The molecule has 0 fully saturated rings. The van der Waals surface area contributed by atoms with Crippen LogP contribution in [0, 0.1) is 0 Å². The molecule has 112 valence electrons. The van der Waals surface area contributed by atoms with E-state index in [0.29, 0.717) is 0 Å². The maximum absolute atomic E-state index is 5.94. The average molecular weight is 348 g/mol. The predicted octanol–water partition coefficient (Wildman–Crippen LogP) is 4.35. The Balaban J connectivity index is 1.87. The Morgan fingerprint density at radius 1 is 1.14 bits per heavy atom. The average Bonchev–Trinajstić information content (AvgIpc) is 2.46. The molecule has 0 saturated heterocycles. The first-order valence-electron chi connectivity index (χ1n) is 7.36. The molecular formula is C18H22BrNO. The summed E-state index contributed by atoms with van der Waals surface area (Å²) in [6, 6.07) is 16.8. The van der Waals surface area contributed by atoms with Crippen LogP contribution in [0.1, 0.15) is 24.5 Å². The van der Waals surface area contributed by atoms with E-state index in [2.05, 4.69) is 46.3 Å². The lowest BCUT2D eigenvalue weighted by Gasteiger charge is -2.13. The van der Waals surface area contributed by atoms with Crippen molar-refractivity contribution in [2.75, 3.05) is 6.61 Å². The van der Waals surface area contributed by atoms with Crippen molar-refractivity contribution in [1.29, 1.82) is 0 Å². The fourth-order valence-corrected chi connectivity index (χ4v) is 2.71. The van der Waals surface area contributed by atoms with Gasteiger partial charge in [-0.1, -0.05) is 46.3 Å². The van der Waals surface area contributed by atoms with Crippen LogP contribution >= 0.6 is 15.9 Å². The summed E-state index contributed by atoms with van der Waals surface area (Å²) in [5.41, 5.74) is 8.42. The van der Waals surface area contributed by atoms with E-state index in [1.54, 1.807) is 0 Å². The summed E-state index contributed by atoms with van der Waals surface area (Å²) in [6.45, 7) is 2.74. The lowest BCUT2D eigenvalue weighted by atomic mass is 10.1. The first kappa shape index (κ1) is 16.1. The molecule has 0 radical (unpaired) electrons. The Morgan fingerprint density at radius 2 is 1.90 bits per heavy atom. The number of hydrogen-bond donors (Lipinski definition) is 1. The third-order valence-corrected chi connectivity index (χ3v) is 3.77. The van der Waals surface area contributed by atoms with E-state index >= 15 is 0 Å². The van der Waals surface area contributed by atoms with Gasteiger partial charge in [0.2, 0.25) is 0 Å². The van der Waals surface area contributed by atoms with Gasteiger partial charge in [-0.15, -0.1) is 0 Å². The highest BCUT2D eigenvalue weighted by Crippen LogP contribution is 2.24. The lowest BCUT2D eigenvalue weighted by molar-refractivity contribution is 0.307. The zero-order valence-corrected chi connectivity index (χ0v) is 14.0. The highest BCUT2D eigenvalue weighted by atomic mass is 79.9. The molecule has 0 aliphatic heterocycles. The van der Waals surface area contributed by atoms with E-state index in [4.69, 9.17) is 10.5 Å². The Hall–Kier alpha value is -1.32. The van der Waals surface area contributed by atoms with Crippen LogP contribution in [0.5, 0.6) is 5.75 Å². The second kappa shape index (κ2) is 8.20. The van der Waals surface area contributed by atoms with E-state index in [0.717, 1.165) is 36.1 Å². The number of halogens is 1. The quantitative estimate of drug-likeness (QED) is 0.755. The third-order valence-electron chi connectivity index (χ3n) is 3.27. The number of hydrogen-bond acceptors (Lipinski definition) is 2. The van der Waals surface area contributed by atoms with Gasteiger partial charge in [0, 0.05) is 10.5 Å². The Kier molecular flexibility index (Phi) is 6.27. The molecule has 2 N–H and O–H groups in total. The van der Waals surface area contributed by atoms with Crippen molar-refractivity contribution in [1.82, 2.24) is 0 Å². The van der Waals surface area contributed by atoms with Crippen LogP contribution in [-0.2, 0) is 12.8 Å². The SMILES string of the molecule is CC(N)Cc1cc(Br)ccc1OCCCc1ccccc1. The molecule has 0 heterocycles. The number of ether oxygens (including phenoxy) is 1. The standard InChI is InChI=1S/C18H22BrNO/c1-14(20)12-16-13-17(19)9-10-18(16)21-11-5-8-15-6-3-2-4-7-15/h2-4,6-7,9-10,13-14H,5,8,11-12,20H2,1H3. The molecule has 2 aromatic carbocycles. The predicted molar refractivity (Wildman–Crippen MR) is 91.8 cm³/mol. The third kappa shape index (κ3) is 5.52. The van der Waals surface area contributed by atoms with Gasteiger partial charge in [-0.2, -0.15) is 0 Å². The monoisotopic (exact) mass is 347 g/mol. The second-order valence-corrected chi connectivity index (χ2v) is 6.29. The van der Waals surface area contributed by atoms with Gasteiger partial charge in [0.15, 0.2) is 0 Å². The molecule has 0 aliphatic rings. The lowest BCUT2D eigenvalue weighted by Crippen LogP contribution is -2.18. The van der Waals surface area contributed by atoms with Gasteiger partial charge >= 0.3 is 0 Å². The van der Waals surface area contributed by atoms with E-state index in [9.17, 15) is 0 Å². The van der Waals surface area contributed by atoms with Crippen LogP contribution in [0.3, 0.4) is 0 Å². The summed E-state index contributed by atoms with van der Waals surface area (Å²) in [6.07, 6.45) is 2.88. The number of nitrogens with two attached hydrogens (primary N) is 1. The minimum absolute atomic E-state index is 0.131. The molecule has 2 nitrogen and oxygen atoms in total. The maximum atomic E-state index is 5.94. The summed E-state index contributed by atoms with van der Waals surface area (Å²) < 4.78 is 7.00. The molecule has 0 bridgehead atoms. The molecule has 0 aromatic heterocycles. The summed E-state index contributed by atoms with van der Waals surface area (Å²) in [4.78, 5) is 0. The molecular weight excluding hydrogens is 326 g/mol. The van der Waals surface area contributed by atoms with Crippen molar-refractivity contribution in [3.05, 3.63) is 64.1 Å². The number of benzene rings is 2. The Bertz CT molecular complexity index is 554. The molecule has 1 atom stereocenters. The highest BCUT2D eigenvalue weighted by Gasteiger charge is 2.07. The van der Waals surface area contributed by atoms with E-state index in [-0.39, 0.29) is 6.04 Å². The Morgan fingerprint density at radius 3 is 2.62 bits per heavy atom. The minimum atomic E-state index is 0.131. The molecule has 2 aromatic rings. The highest BCUT2D eigenvalue weighted by molar-refractivity contribution is 9.10. The number of rotatable bonds is 7. The minimum Gasteiger partial charge on any atom is -0.493 e. The van der Waals surface area contributed by atoms with Crippen molar-refractivity contribution >= 4 is 15.9 Å². The van der Waals surface area contributed by atoms with Gasteiger partial charge in [0.25, 0.3) is 0 Å². The summed E-state index contributed by atoms with van der Waals surface area (Å²) in [5, 5.41) is 0. The molecule has 0 saturated carbocycles. The van der Waals surface area contributed by atoms with Crippen molar-refractivity contribution in [2.24, 2.45) is 5.73 Å². The smallest absolute Gasteiger partial charge is 0.122 e. The van der Waals surface area contributed by atoms with Gasteiger partial charge in [0.05, 0.1) is 6.61 Å². The largest absolute Gasteiger partial charge is 0.493 e. The van der Waals surface area contributed by atoms with E-state index in [1.807, 2.05) is 25.1 Å². The van der Waals surface area contributed by atoms with Crippen molar-refractivity contribution in [3.63, 3.8) is 0 Å². The van der Waals surface area contributed by atoms with Gasteiger partial charge < -0.3 is 10.5 Å². The molecule has 2 rings (SSSR count). The first-order valence-corrected chi connectivity index (χ1v) is 8.15. The van der Waals surface area contributed by atoms with Crippen LogP contribution in [0.4, 0.5) is 0 Å². The molecule has 1 unspecified atom stereocenters. The normalized spacial score (nSPS) is 12.1. The molecule has 0 spiro atoms. The molecule has 0 amide bonds. The van der Waals surface area contributed by atoms with Crippen LogP contribution < -0.4 is 10.5 Å². The van der Waals surface area contributed by atoms with Crippen molar-refractivity contribution < 1.29 is 4.74 Å². The Labute approximate surface area is 135 Å². The van der Waals surface area contributed by atoms with Gasteiger partial charge in [-0.3, -0.25) is 0 Å².